The van der Waals surface area contributed by atoms with Gasteiger partial charge in [0.15, 0.2) is 9.34 Å². The number of aromatic nitrogens is 1. The number of carbonyl (C=O) groups excluding carboxylic acids is 1. The Balaban J connectivity index is 1.38. The van der Waals surface area contributed by atoms with Crippen molar-refractivity contribution in [1.29, 1.82) is 5.26 Å². The summed E-state index contributed by atoms with van der Waals surface area (Å²) in [7, 11) is -3.89. The van der Waals surface area contributed by atoms with Crippen molar-refractivity contribution in [3.63, 3.8) is 0 Å². The molecule has 8 nitrogen and oxygen atoms in total. The Labute approximate surface area is 202 Å². The van der Waals surface area contributed by atoms with Gasteiger partial charge in [-0.05, 0) is 61.1 Å². The van der Waals surface area contributed by atoms with Crippen LogP contribution < -0.4 is 14.9 Å². The van der Waals surface area contributed by atoms with Crippen molar-refractivity contribution in [2.45, 2.75) is 35.8 Å². The number of nitrogens with two attached hydrogens (primary N) is 1. The van der Waals surface area contributed by atoms with Crippen molar-refractivity contribution in [3.05, 3.63) is 59.8 Å². The molecule has 1 aromatic heterocycles. The molecule has 34 heavy (non-hydrogen) atoms. The van der Waals surface area contributed by atoms with E-state index in [0.717, 1.165) is 53.0 Å². The number of hydrogen-bond donors (Lipinski definition) is 1. The highest BCUT2D eigenvalue weighted by Gasteiger charge is 2.44. The van der Waals surface area contributed by atoms with Crippen LogP contribution in [0.15, 0.2) is 52.7 Å². The highest BCUT2D eigenvalue weighted by atomic mass is 32.2. The van der Waals surface area contributed by atoms with Gasteiger partial charge in [0, 0.05) is 18.8 Å². The molecular formula is C24H23N5O3S2. The molecule has 0 atom stereocenters. The van der Waals surface area contributed by atoms with E-state index in [1.807, 2.05) is 42.5 Å². The van der Waals surface area contributed by atoms with E-state index >= 15 is 0 Å². The number of urea groups is 1. The molecule has 2 fully saturated rings. The number of hydrogen-bond acceptors (Lipinski definition) is 6. The molecule has 2 aromatic carbocycles. The van der Waals surface area contributed by atoms with E-state index in [0.29, 0.717) is 23.9 Å². The lowest BCUT2D eigenvalue weighted by Gasteiger charge is -2.34. The number of benzene rings is 2. The van der Waals surface area contributed by atoms with Crippen LogP contribution in [0.4, 0.5) is 15.6 Å². The average molecular weight is 494 g/mol. The highest BCUT2D eigenvalue weighted by molar-refractivity contribution is 7.91. The molecule has 0 unspecified atom stereocenters. The molecule has 2 N–H and O–H groups in total. The number of amides is 2. The largest absolute Gasteiger partial charge is 0.330 e. The summed E-state index contributed by atoms with van der Waals surface area (Å²) in [5.74, 6) is 0. The summed E-state index contributed by atoms with van der Waals surface area (Å²) < 4.78 is 23.5. The van der Waals surface area contributed by atoms with Gasteiger partial charge in [-0.15, -0.1) is 0 Å². The normalized spacial score (nSPS) is 17.5. The van der Waals surface area contributed by atoms with E-state index in [1.54, 1.807) is 11.8 Å². The fourth-order valence-corrected chi connectivity index (χ4v) is 6.28. The summed E-state index contributed by atoms with van der Waals surface area (Å²) in [5.41, 5.74) is 3.81. The van der Waals surface area contributed by atoms with E-state index in [9.17, 15) is 18.5 Å². The molecule has 5 rings (SSSR count). The molecule has 1 saturated carbocycles. The topological polar surface area (TPSA) is 120 Å². The van der Waals surface area contributed by atoms with Crippen molar-refractivity contribution in [1.82, 2.24) is 4.98 Å². The number of carbonyl (C=O) groups is 1. The molecule has 2 aliphatic rings. The van der Waals surface area contributed by atoms with Crippen LogP contribution in [0.2, 0.25) is 0 Å². The summed E-state index contributed by atoms with van der Waals surface area (Å²) in [5, 5.41) is 15.1. The minimum absolute atomic E-state index is 0.0246. The zero-order chi connectivity index (χ0) is 24.1. The molecule has 2 amide bonds. The Morgan fingerprint density at radius 2 is 1.79 bits per heavy atom. The minimum atomic E-state index is -3.89. The molecule has 1 aliphatic carbocycles. The van der Waals surface area contributed by atoms with Crippen LogP contribution in [0, 0.1) is 18.3 Å². The first kappa shape index (κ1) is 22.5. The van der Waals surface area contributed by atoms with Gasteiger partial charge < -0.3 is 0 Å². The van der Waals surface area contributed by atoms with E-state index in [-0.39, 0.29) is 15.7 Å². The van der Waals surface area contributed by atoms with Crippen LogP contribution in [-0.2, 0) is 15.4 Å². The number of anilines is 2. The van der Waals surface area contributed by atoms with E-state index in [2.05, 4.69) is 17.1 Å². The fraction of sp³-hybridized carbons (Fsp3) is 0.292. The van der Waals surface area contributed by atoms with Crippen molar-refractivity contribution in [2.24, 2.45) is 5.14 Å². The monoisotopic (exact) mass is 493 g/mol. The average Bonchev–Trinajstić information content (AvgIpc) is 3.53. The van der Waals surface area contributed by atoms with Crippen molar-refractivity contribution >= 4 is 38.2 Å². The maximum Gasteiger partial charge on any atom is 0.330 e. The molecule has 174 valence electrons. The summed E-state index contributed by atoms with van der Waals surface area (Å²) >= 11 is 0.915. The van der Waals surface area contributed by atoms with Gasteiger partial charge in [-0.25, -0.2) is 23.3 Å². The van der Waals surface area contributed by atoms with E-state index in [4.69, 9.17) is 5.14 Å². The number of nitrogens with zero attached hydrogens (tertiary/aromatic N) is 4. The standard InChI is InChI=1S/C24H23N5O3S2/c1-16-21(34(26,31)32)33-22(27-16)29-13-3-12-28(23(29)30)20-8-6-17(7-9-20)18-4-2-5-19(14-18)24(15-25)10-11-24/h2,4-9,14H,3,10-13H2,1H3,(H2,26,31,32). The summed E-state index contributed by atoms with van der Waals surface area (Å²) in [6, 6.07) is 18.0. The van der Waals surface area contributed by atoms with Crippen LogP contribution in [-0.4, -0.2) is 32.5 Å². The third-order valence-electron chi connectivity index (χ3n) is 6.35. The van der Waals surface area contributed by atoms with Gasteiger partial charge >= 0.3 is 6.03 Å². The first-order valence-corrected chi connectivity index (χ1v) is 13.3. The molecule has 1 aliphatic heterocycles. The van der Waals surface area contributed by atoms with Gasteiger partial charge in [-0.3, -0.25) is 9.80 Å². The molecule has 2 heterocycles. The predicted molar refractivity (Wildman–Crippen MR) is 131 cm³/mol. The van der Waals surface area contributed by atoms with Gasteiger partial charge in [0.25, 0.3) is 0 Å². The van der Waals surface area contributed by atoms with Crippen molar-refractivity contribution < 1.29 is 13.2 Å². The van der Waals surface area contributed by atoms with Crippen LogP contribution in [0.5, 0.6) is 0 Å². The lowest BCUT2D eigenvalue weighted by atomic mass is 9.94. The molecule has 3 aromatic rings. The van der Waals surface area contributed by atoms with Gasteiger partial charge in [0.1, 0.15) is 0 Å². The lowest BCUT2D eigenvalue weighted by molar-refractivity contribution is 0.248. The highest BCUT2D eigenvalue weighted by Crippen LogP contribution is 2.48. The van der Waals surface area contributed by atoms with Gasteiger partial charge in [0.2, 0.25) is 10.0 Å². The third kappa shape index (κ3) is 3.96. The number of rotatable bonds is 5. The number of primary sulfonamides is 1. The van der Waals surface area contributed by atoms with Crippen LogP contribution in [0.25, 0.3) is 11.1 Å². The smallest absolute Gasteiger partial charge is 0.294 e. The minimum Gasteiger partial charge on any atom is -0.294 e. The number of sulfonamides is 1. The van der Waals surface area contributed by atoms with Gasteiger partial charge in [-0.1, -0.05) is 41.7 Å². The first-order chi connectivity index (χ1) is 16.2. The van der Waals surface area contributed by atoms with Crippen LogP contribution in [0.3, 0.4) is 0 Å². The summed E-state index contributed by atoms with van der Waals surface area (Å²) in [6.45, 7) is 2.58. The third-order valence-corrected chi connectivity index (χ3v) is 9.08. The second-order valence-electron chi connectivity index (χ2n) is 8.68. The summed E-state index contributed by atoms with van der Waals surface area (Å²) in [6.07, 6.45) is 2.52. The predicted octanol–water partition coefficient (Wildman–Crippen LogP) is 4.16. The molecule has 1 saturated heterocycles. The van der Waals surface area contributed by atoms with Crippen molar-refractivity contribution in [2.75, 3.05) is 22.9 Å². The van der Waals surface area contributed by atoms with Gasteiger partial charge in [0.05, 0.1) is 17.2 Å². The van der Waals surface area contributed by atoms with Gasteiger partial charge in [-0.2, -0.15) is 5.26 Å². The van der Waals surface area contributed by atoms with E-state index in [1.165, 1.54) is 4.90 Å². The Hall–Kier alpha value is -3.26. The second kappa shape index (κ2) is 8.20. The Bertz CT molecular complexity index is 1420. The quantitative estimate of drug-likeness (QED) is 0.572. The molecule has 10 heteroatoms. The number of aryl methyl sites for hydroxylation is 1. The van der Waals surface area contributed by atoms with E-state index < -0.39 is 10.0 Å². The fourth-order valence-electron chi connectivity index (χ4n) is 4.31. The SMILES string of the molecule is Cc1nc(N2CCCN(c3ccc(-c4cccc(C5(C#N)CC5)c4)cc3)C2=O)sc1S(N)(=O)=O. The zero-order valence-corrected chi connectivity index (χ0v) is 20.2. The Morgan fingerprint density at radius 3 is 2.41 bits per heavy atom. The Kier molecular flexibility index (Phi) is 5.43. The molecule has 0 radical (unpaired) electrons. The molecule has 0 spiro atoms. The van der Waals surface area contributed by atoms with Crippen molar-refractivity contribution in [3.8, 4) is 17.2 Å². The maximum atomic E-state index is 13.3. The number of nitriles is 1. The second-order valence-corrected chi connectivity index (χ2v) is 11.4. The number of thiazole rings is 1. The summed E-state index contributed by atoms with van der Waals surface area (Å²) in [4.78, 5) is 20.7. The Morgan fingerprint density at radius 1 is 1.09 bits per heavy atom. The lowest BCUT2D eigenvalue weighted by Crippen LogP contribution is -2.49. The zero-order valence-electron chi connectivity index (χ0n) is 18.6. The molecular weight excluding hydrogens is 470 g/mol. The maximum absolute atomic E-state index is 13.3. The van der Waals surface area contributed by atoms with Crippen LogP contribution >= 0.6 is 11.3 Å². The first-order valence-electron chi connectivity index (χ1n) is 10.9. The van der Waals surface area contributed by atoms with Crippen LogP contribution in [0.1, 0.15) is 30.5 Å². The molecule has 0 bridgehead atoms.